The molecule has 0 aliphatic rings. The van der Waals surface area contributed by atoms with E-state index in [1.54, 1.807) is 6.33 Å². The Kier molecular flexibility index (Phi) is 5.82. The molecule has 0 saturated carbocycles. The zero-order valence-electron chi connectivity index (χ0n) is 12.1. The van der Waals surface area contributed by atoms with Crippen LogP contribution in [-0.4, -0.2) is 16.5 Å². The molecular weight excluding hydrogens is 352 g/mol. The molecule has 2 aromatic rings. The van der Waals surface area contributed by atoms with Gasteiger partial charge in [0.15, 0.2) is 0 Å². The molecule has 1 aromatic heterocycles. The van der Waals surface area contributed by atoms with Crippen LogP contribution in [-0.2, 0) is 6.42 Å². The molecule has 0 radical (unpaired) electrons. The van der Waals surface area contributed by atoms with Crippen LogP contribution in [0.1, 0.15) is 25.8 Å². The summed E-state index contributed by atoms with van der Waals surface area (Å²) in [5.41, 5.74) is 1.92. The summed E-state index contributed by atoms with van der Waals surface area (Å²) in [5.74, 6) is 1.68. The number of aromatic nitrogens is 2. The molecule has 2 N–H and O–H groups in total. The fourth-order valence-electron chi connectivity index (χ4n) is 2.05. The van der Waals surface area contributed by atoms with Gasteiger partial charge in [-0.3, -0.25) is 0 Å². The van der Waals surface area contributed by atoms with Crippen LogP contribution in [0.4, 0.5) is 17.3 Å². The van der Waals surface area contributed by atoms with Gasteiger partial charge in [-0.05, 0) is 31.5 Å². The van der Waals surface area contributed by atoms with Crippen LogP contribution in [0.15, 0.2) is 29.0 Å². The molecule has 6 heteroatoms. The SMILES string of the molecule is CCCc1c(NCC)ncnc1Nc1ccc(Br)cc1Cl. The summed E-state index contributed by atoms with van der Waals surface area (Å²) < 4.78 is 0.947. The smallest absolute Gasteiger partial charge is 0.139 e. The van der Waals surface area contributed by atoms with Gasteiger partial charge < -0.3 is 10.6 Å². The number of benzene rings is 1. The van der Waals surface area contributed by atoms with Crippen LogP contribution in [0, 0.1) is 0 Å². The zero-order valence-corrected chi connectivity index (χ0v) is 14.4. The Morgan fingerprint density at radius 1 is 1.19 bits per heavy atom. The first-order chi connectivity index (χ1) is 10.2. The molecule has 0 aliphatic carbocycles. The highest BCUT2D eigenvalue weighted by Crippen LogP contribution is 2.30. The Bertz CT molecular complexity index is 619. The summed E-state index contributed by atoms with van der Waals surface area (Å²) >= 11 is 9.66. The Morgan fingerprint density at radius 2 is 1.95 bits per heavy atom. The van der Waals surface area contributed by atoms with E-state index in [9.17, 15) is 0 Å². The average molecular weight is 370 g/mol. The highest BCUT2D eigenvalue weighted by atomic mass is 79.9. The third-order valence-electron chi connectivity index (χ3n) is 2.97. The molecule has 0 aliphatic heterocycles. The van der Waals surface area contributed by atoms with E-state index in [1.807, 2.05) is 18.2 Å². The molecule has 112 valence electrons. The third kappa shape index (κ3) is 4.08. The molecule has 21 heavy (non-hydrogen) atoms. The first-order valence-electron chi connectivity index (χ1n) is 6.95. The molecule has 4 nitrogen and oxygen atoms in total. The molecule has 1 aromatic carbocycles. The van der Waals surface area contributed by atoms with E-state index in [0.717, 1.165) is 46.7 Å². The van der Waals surface area contributed by atoms with E-state index >= 15 is 0 Å². The number of hydrogen-bond acceptors (Lipinski definition) is 4. The van der Waals surface area contributed by atoms with E-state index in [4.69, 9.17) is 11.6 Å². The summed E-state index contributed by atoms with van der Waals surface area (Å²) in [6.07, 6.45) is 3.49. The van der Waals surface area contributed by atoms with E-state index in [0.29, 0.717) is 5.02 Å². The lowest BCUT2D eigenvalue weighted by molar-refractivity contribution is 0.902. The minimum atomic E-state index is 0.649. The number of anilines is 3. The summed E-state index contributed by atoms with van der Waals surface area (Å²) in [6.45, 7) is 5.02. The molecule has 0 fully saturated rings. The van der Waals surface area contributed by atoms with Gasteiger partial charge in [0.2, 0.25) is 0 Å². The van der Waals surface area contributed by atoms with Gasteiger partial charge in [-0.2, -0.15) is 0 Å². The van der Waals surface area contributed by atoms with Crippen LogP contribution in [0.5, 0.6) is 0 Å². The van der Waals surface area contributed by atoms with E-state index in [1.165, 1.54) is 0 Å². The molecule has 0 unspecified atom stereocenters. The van der Waals surface area contributed by atoms with Gasteiger partial charge >= 0.3 is 0 Å². The lowest BCUT2D eigenvalue weighted by atomic mass is 10.1. The fraction of sp³-hybridized carbons (Fsp3) is 0.333. The third-order valence-corrected chi connectivity index (χ3v) is 3.78. The maximum Gasteiger partial charge on any atom is 0.139 e. The summed E-state index contributed by atoms with van der Waals surface area (Å²) in [5, 5.41) is 7.24. The quantitative estimate of drug-likeness (QED) is 0.750. The van der Waals surface area contributed by atoms with Crippen LogP contribution in [0.3, 0.4) is 0 Å². The van der Waals surface area contributed by atoms with Crippen molar-refractivity contribution < 1.29 is 0 Å². The van der Waals surface area contributed by atoms with Gasteiger partial charge in [-0.15, -0.1) is 0 Å². The lowest BCUT2D eigenvalue weighted by Gasteiger charge is -2.15. The number of halogens is 2. The van der Waals surface area contributed by atoms with Crippen molar-refractivity contribution in [2.45, 2.75) is 26.7 Å². The van der Waals surface area contributed by atoms with Crippen molar-refractivity contribution in [2.75, 3.05) is 17.2 Å². The lowest BCUT2D eigenvalue weighted by Crippen LogP contribution is -2.08. The average Bonchev–Trinajstić information content (AvgIpc) is 2.45. The second kappa shape index (κ2) is 7.61. The molecular formula is C15H18BrClN4. The van der Waals surface area contributed by atoms with E-state index in [2.05, 4.69) is 50.4 Å². The molecule has 0 amide bonds. The normalized spacial score (nSPS) is 10.5. The number of nitrogens with zero attached hydrogens (tertiary/aromatic N) is 2. The standard InChI is InChI=1S/C15H18BrClN4/c1-3-5-11-14(18-4-2)19-9-20-15(11)21-13-7-6-10(16)8-12(13)17/h6-9H,3-5H2,1-2H3,(H2,18,19,20,21). The molecule has 2 rings (SSSR count). The van der Waals surface area contributed by atoms with E-state index in [-0.39, 0.29) is 0 Å². The van der Waals surface area contributed by atoms with Crippen molar-refractivity contribution in [3.8, 4) is 0 Å². The molecule has 0 atom stereocenters. The largest absolute Gasteiger partial charge is 0.370 e. The number of nitrogens with one attached hydrogen (secondary N) is 2. The van der Waals surface area contributed by atoms with Crippen LogP contribution < -0.4 is 10.6 Å². The highest BCUT2D eigenvalue weighted by molar-refractivity contribution is 9.10. The molecule has 0 bridgehead atoms. The Labute approximate surface area is 138 Å². The topological polar surface area (TPSA) is 49.8 Å². The van der Waals surface area contributed by atoms with Crippen molar-refractivity contribution >= 4 is 44.9 Å². The number of hydrogen-bond donors (Lipinski definition) is 2. The van der Waals surface area contributed by atoms with Crippen LogP contribution in [0.25, 0.3) is 0 Å². The van der Waals surface area contributed by atoms with Crippen molar-refractivity contribution in [3.63, 3.8) is 0 Å². The van der Waals surface area contributed by atoms with Crippen molar-refractivity contribution in [1.82, 2.24) is 9.97 Å². The Morgan fingerprint density at radius 3 is 2.62 bits per heavy atom. The molecule has 0 saturated heterocycles. The fourth-order valence-corrected chi connectivity index (χ4v) is 2.77. The maximum atomic E-state index is 6.26. The van der Waals surface area contributed by atoms with Gasteiger partial charge in [0.05, 0.1) is 10.7 Å². The monoisotopic (exact) mass is 368 g/mol. The van der Waals surface area contributed by atoms with Gasteiger partial charge in [-0.25, -0.2) is 9.97 Å². The summed E-state index contributed by atoms with van der Waals surface area (Å²) in [7, 11) is 0. The second-order valence-corrected chi connectivity index (χ2v) is 5.90. The Balaban J connectivity index is 2.36. The minimum absolute atomic E-state index is 0.649. The first-order valence-corrected chi connectivity index (χ1v) is 8.12. The zero-order chi connectivity index (χ0) is 15.2. The van der Waals surface area contributed by atoms with Gasteiger partial charge in [0.1, 0.15) is 18.0 Å². The Hall–Kier alpha value is -1.33. The van der Waals surface area contributed by atoms with Gasteiger partial charge in [0, 0.05) is 16.6 Å². The summed E-state index contributed by atoms with van der Waals surface area (Å²) in [4.78, 5) is 8.69. The van der Waals surface area contributed by atoms with Crippen LogP contribution >= 0.6 is 27.5 Å². The maximum absolute atomic E-state index is 6.26. The van der Waals surface area contributed by atoms with Crippen molar-refractivity contribution in [2.24, 2.45) is 0 Å². The van der Waals surface area contributed by atoms with Crippen LogP contribution in [0.2, 0.25) is 5.02 Å². The van der Waals surface area contributed by atoms with Crippen molar-refractivity contribution in [3.05, 3.63) is 39.6 Å². The van der Waals surface area contributed by atoms with Gasteiger partial charge in [0.25, 0.3) is 0 Å². The molecule has 1 heterocycles. The predicted molar refractivity (Wildman–Crippen MR) is 92.6 cm³/mol. The molecule has 0 spiro atoms. The van der Waals surface area contributed by atoms with Gasteiger partial charge in [-0.1, -0.05) is 40.9 Å². The minimum Gasteiger partial charge on any atom is -0.370 e. The highest BCUT2D eigenvalue weighted by Gasteiger charge is 2.11. The first kappa shape index (κ1) is 16.0. The van der Waals surface area contributed by atoms with Crippen molar-refractivity contribution in [1.29, 1.82) is 0 Å². The number of rotatable bonds is 6. The van der Waals surface area contributed by atoms with E-state index < -0.39 is 0 Å². The predicted octanol–water partition coefficient (Wildman–Crippen LogP) is 5.02. The summed E-state index contributed by atoms with van der Waals surface area (Å²) in [6, 6.07) is 5.73. The second-order valence-electron chi connectivity index (χ2n) is 4.58.